The lowest BCUT2D eigenvalue weighted by Gasteiger charge is -2.11. The van der Waals surface area contributed by atoms with Gasteiger partial charge in [0.25, 0.3) is 0 Å². The minimum absolute atomic E-state index is 0.230. The number of benzene rings is 1. The molecular formula is C11H13BrCl2N2O2. The molecule has 0 radical (unpaired) electrons. The molecule has 0 aliphatic rings. The molecule has 1 aromatic carbocycles. The fourth-order valence-corrected chi connectivity index (χ4v) is 2.47. The predicted molar refractivity (Wildman–Crippen MR) is 76.3 cm³/mol. The Morgan fingerprint density at radius 1 is 1.50 bits per heavy atom. The van der Waals surface area contributed by atoms with Crippen LogP contribution in [0.2, 0.25) is 10.0 Å². The van der Waals surface area contributed by atoms with Gasteiger partial charge < -0.3 is 15.8 Å². The molecule has 0 heterocycles. The average Bonchev–Trinajstić information content (AvgIpc) is 2.26. The summed E-state index contributed by atoms with van der Waals surface area (Å²) in [5.41, 5.74) is 5.39. The first-order valence-corrected chi connectivity index (χ1v) is 6.77. The molecular weight excluding hydrogens is 343 g/mol. The predicted octanol–water partition coefficient (Wildman–Crippen LogP) is 2.60. The highest BCUT2D eigenvalue weighted by Crippen LogP contribution is 2.35. The topological polar surface area (TPSA) is 64.4 Å². The van der Waals surface area contributed by atoms with E-state index in [-0.39, 0.29) is 12.5 Å². The molecule has 0 spiro atoms. The van der Waals surface area contributed by atoms with Gasteiger partial charge in [0.05, 0.1) is 22.6 Å². The number of halogens is 3. The summed E-state index contributed by atoms with van der Waals surface area (Å²) in [6.07, 6.45) is 0. The van der Waals surface area contributed by atoms with Crippen molar-refractivity contribution in [2.24, 2.45) is 5.73 Å². The maximum atomic E-state index is 11.2. The van der Waals surface area contributed by atoms with Gasteiger partial charge in [-0.3, -0.25) is 4.79 Å². The molecule has 1 unspecified atom stereocenters. The number of hydrogen-bond donors (Lipinski definition) is 2. The summed E-state index contributed by atoms with van der Waals surface area (Å²) in [7, 11) is 0. The van der Waals surface area contributed by atoms with Crippen LogP contribution in [-0.2, 0) is 4.79 Å². The van der Waals surface area contributed by atoms with E-state index in [1.54, 1.807) is 19.1 Å². The Hall–Kier alpha value is -0.490. The van der Waals surface area contributed by atoms with E-state index in [2.05, 4.69) is 21.2 Å². The zero-order valence-corrected chi connectivity index (χ0v) is 12.8. The molecule has 0 saturated heterocycles. The van der Waals surface area contributed by atoms with Crippen LogP contribution in [0.3, 0.4) is 0 Å². The van der Waals surface area contributed by atoms with Crippen molar-refractivity contribution in [3.8, 4) is 5.75 Å². The van der Waals surface area contributed by atoms with Crippen LogP contribution in [0, 0.1) is 0 Å². The molecule has 0 fully saturated rings. The fraction of sp³-hybridized carbons (Fsp3) is 0.364. The summed E-state index contributed by atoms with van der Waals surface area (Å²) in [4.78, 5) is 11.2. The molecule has 3 N–H and O–H groups in total. The monoisotopic (exact) mass is 354 g/mol. The smallest absolute Gasteiger partial charge is 0.236 e. The average molecular weight is 356 g/mol. The number of hydrogen-bond acceptors (Lipinski definition) is 3. The van der Waals surface area contributed by atoms with Crippen LogP contribution in [0.4, 0.5) is 0 Å². The largest absolute Gasteiger partial charge is 0.489 e. The summed E-state index contributed by atoms with van der Waals surface area (Å²) in [5, 5.41) is 3.44. The van der Waals surface area contributed by atoms with Crippen molar-refractivity contribution >= 4 is 45.0 Å². The molecule has 0 aliphatic carbocycles. The number of amides is 1. The maximum Gasteiger partial charge on any atom is 0.236 e. The highest BCUT2D eigenvalue weighted by atomic mass is 79.9. The van der Waals surface area contributed by atoms with E-state index in [9.17, 15) is 4.79 Å². The Kier molecular flexibility index (Phi) is 6.21. The van der Waals surface area contributed by atoms with Crippen molar-refractivity contribution < 1.29 is 9.53 Å². The minimum Gasteiger partial charge on any atom is -0.489 e. The Balaban J connectivity index is 2.47. The van der Waals surface area contributed by atoms with Crippen molar-refractivity contribution in [2.75, 3.05) is 13.2 Å². The van der Waals surface area contributed by atoms with Crippen molar-refractivity contribution in [1.29, 1.82) is 0 Å². The third-order valence-electron chi connectivity index (χ3n) is 2.02. The van der Waals surface area contributed by atoms with Gasteiger partial charge in [0.1, 0.15) is 6.61 Å². The minimum atomic E-state index is -0.537. The molecule has 0 bridgehead atoms. The fourth-order valence-electron chi connectivity index (χ4n) is 1.16. The molecule has 1 atom stereocenters. The van der Waals surface area contributed by atoms with Crippen LogP contribution in [0.5, 0.6) is 5.75 Å². The maximum absolute atomic E-state index is 11.2. The Bertz CT molecular complexity index is 418. The van der Waals surface area contributed by atoms with Gasteiger partial charge in [0.2, 0.25) is 5.91 Å². The van der Waals surface area contributed by atoms with Crippen LogP contribution in [-0.4, -0.2) is 25.1 Å². The van der Waals surface area contributed by atoms with E-state index in [0.29, 0.717) is 22.3 Å². The van der Waals surface area contributed by atoms with Gasteiger partial charge in [-0.25, -0.2) is 0 Å². The molecule has 1 aromatic rings. The summed E-state index contributed by atoms with van der Waals surface area (Å²) in [6, 6.07) is 2.83. The molecule has 0 saturated carbocycles. The van der Waals surface area contributed by atoms with Gasteiger partial charge in [-0.05, 0) is 19.1 Å². The van der Waals surface area contributed by atoms with E-state index >= 15 is 0 Å². The van der Waals surface area contributed by atoms with Gasteiger partial charge in [0.15, 0.2) is 5.75 Å². The van der Waals surface area contributed by atoms with Crippen LogP contribution < -0.4 is 15.8 Å². The third-order valence-corrected chi connectivity index (χ3v) is 3.04. The van der Waals surface area contributed by atoms with E-state index in [4.69, 9.17) is 33.7 Å². The molecule has 1 amide bonds. The van der Waals surface area contributed by atoms with Crippen molar-refractivity contribution in [3.05, 3.63) is 26.7 Å². The number of rotatable bonds is 5. The molecule has 0 aromatic heterocycles. The van der Waals surface area contributed by atoms with E-state index in [1.165, 1.54) is 0 Å². The van der Waals surface area contributed by atoms with Gasteiger partial charge in [0, 0.05) is 4.47 Å². The summed E-state index contributed by atoms with van der Waals surface area (Å²) in [5.74, 6) is 0.170. The zero-order valence-electron chi connectivity index (χ0n) is 9.67. The normalized spacial score (nSPS) is 12.1. The highest BCUT2D eigenvalue weighted by molar-refractivity contribution is 9.10. The SMILES string of the molecule is CC(N)C(=O)NCCOc1c(Cl)cc(Br)cc1Cl. The zero-order chi connectivity index (χ0) is 13.7. The van der Waals surface area contributed by atoms with Gasteiger partial charge >= 0.3 is 0 Å². The van der Waals surface area contributed by atoms with E-state index in [0.717, 1.165) is 4.47 Å². The summed E-state index contributed by atoms with van der Waals surface area (Å²) >= 11 is 15.2. The second-order valence-corrected chi connectivity index (χ2v) is 5.36. The summed E-state index contributed by atoms with van der Waals surface area (Å²) in [6.45, 7) is 2.21. The second kappa shape index (κ2) is 7.19. The number of ether oxygens (including phenoxy) is 1. The standard InChI is InChI=1S/C11H13BrCl2N2O2/c1-6(15)11(17)16-2-3-18-10-8(13)4-7(12)5-9(10)14/h4-6H,2-3,15H2,1H3,(H,16,17). The Morgan fingerprint density at radius 3 is 2.56 bits per heavy atom. The van der Waals surface area contributed by atoms with Crippen LogP contribution in [0.15, 0.2) is 16.6 Å². The van der Waals surface area contributed by atoms with Crippen LogP contribution >= 0.6 is 39.1 Å². The molecule has 100 valence electrons. The summed E-state index contributed by atoms with van der Waals surface area (Å²) < 4.78 is 6.19. The van der Waals surface area contributed by atoms with Gasteiger partial charge in [-0.2, -0.15) is 0 Å². The van der Waals surface area contributed by atoms with Gasteiger partial charge in [-0.15, -0.1) is 0 Å². The first kappa shape index (κ1) is 15.6. The third kappa shape index (κ3) is 4.65. The number of nitrogens with two attached hydrogens (primary N) is 1. The van der Waals surface area contributed by atoms with E-state index in [1.807, 2.05) is 0 Å². The first-order valence-electron chi connectivity index (χ1n) is 5.22. The molecule has 0 aliphatic heterocycles. The number of nitrogens with one attached hydrogen (secondary N) is 1. The van der Waals surface area contributed by atoms with E-state index < -0.39 is 6.04 Å². The lowest BCUT2D eigenvalue weighted by molar-refractivity contribution is -0.122. The quantitative estimate of drug-likeness (QED) is 0.798. The van der Waals surface area contributed by atoms with Crippen molar-refractivity contribution in [2.45, 2.75) is 13.0 Å². The molecule has 7 heteroatoms. The Labute approximate surface area is 124 Å². The second-order valence-electron chi connectivity index (χ2n) is 3.63. The van der Waals surface area contributed by atoms with Crippen molar-refractivity contribution in [3.63, 3.8) is 0 Å². The number of carbonyl (C=O) groups excluding carboxylic acids is 1. The lowest BCUT2D eigenvalue weighted by Crippen LogP contribution is -2.40. The van der Waals surface area contributed by atoms with Gasteiger partial charge in [-0.1, -0.05) is 39.1 Å². The first-order chi connectivity index (χ1) is 8.41. The van der Waals surface area contributed by atoms with Crippen LogP contribution in [0.25, 0.3) is 0 Å². The number of carbonyl (C=O) groups is 1. The van der Waals surface area contributed by atoms with Crippen molar-refractivity contribution in [1.82, 2.24) is 5.32 Å². The highest BCUT2D eigenvalue weighted by Gasteiger charge is 2.10. The Morgan fingerprint density at radius 2 is 2.06 bits per heavy atom. The molecule has 4 nitrogen and oxygen atoms in total. The molecule has 1 rings (SSSR count). The molecule has 18 heavy (non-hydrogen) atoms. The van der Waals surface area contributed by atoms with Crippen LogP contribution in [0.1, 0.15) is 6.92 Å². The lowest BCUT2D eigenvalue weighted by atomic mass is 10.3.